The Bertz CT molecular complexity index is 917. The number of sulfonamides is 1. The summed E-state index contributed by atoms with van der Waals surface area (Å²) in [5.74, 6) is 0.398. The number of aliphatic hydroxyl groups excluding tert-OH is 1. The van der Waals surface area contributed by atoms with E-state index in [0.717, 1.165) is 38.8 Å². The van der Waals surface area contributed by atoms with E-state index in [1.54, 1.807) is 0 Å². The van der Waals surface area contributed by atoms with Crippen LogP contribution in [0.25, 0.3) is 0 Å². The first kappa shape index (κ1) is 21.4. The highest BCUT2D eigenvalue weighted by atomic mass is 32.2. The molecule has 4 rings (SSSR count). The lowest BCUT2D eigenvalue weighted by atomic mass is 9.70. The predicted molar refractivity (Wildman–Crippen MR) is 112 cm³/mol. The maximum absolute atomic E-state index is 13.7. The zero-order valence-electron chi connectivity index (χ0n) is 17.0. The Morgan fingerprint density at radius 3 is 2.67 bits per heavy atom. The number of nitrogens with zero attached hydrogens (tertiary/aromatic N) is 3. The molecule has 164 valence electrons. The highest BCUT2D eigenvalue weighted by Gasteiger charge is 2.51. The quantitative estimate of drug-likeness (QED) is 0.418. The number of piperidine rings is 3. The van der Waals surface area contributed by atoms with Crippen molar-refractivity contribution in [3.8, 4) is 0 Å². The number of hydrogen-bond acceptors (Lipinski definition) is 6. The minimum atomic E-state index is -4.05. The molecule has 3 heterocycles. The molecule has 0 unspecified atom stereocenters. The Morgan fingerprint density at radius 1 is 1.20 bits per heavy atom. The van der Waals surface area contributed by atoms with E-state index in [2.05, 4.69) is 4.90 Å². The zero-order valence-corrected chi connectivity index (χ0v) is 17.8. The van der Waals surface area contributed by atoms with E-state index in [4.69, 9.17) is 0 Å². The predicted octanol–water partition coefficient (Wildman–Crippen LogP) is 2.40. The second-order valence-corrected chi connectivity index (χ2v) is 10.3. The van der Waals surface area contributed by atoms with Gasteiger partial charge < -0.3 is 5.11 Å². The lowest BCUT2D eigenvalue weighted by Gasteiger charge is -2.56. The average Bonchev–Trinajstić information content (AvgIpc) is 2.75. The van der Waals surface area contributed by atoms with Gasteiger partial charge in [0.1, 0.15) is 0 Å². The monoisotopic (exact) mass is 435 g/mol. The van der Waals surface area contributed by atoms with Gasteiger partial charge in [0.15, 0.2) is 4.90 Å². The third-order valence-corrected chi connectivity index (χ3v) is 8.72. The lowest BCUT2D eigenvalue weighted by Crippen LogP contribution is -2.65. The highest BCUT2D eigenvalue weighted by molar-refractivity contribution is 7.89. The van der Waals surface area contributed by atoms with Crippen LogP contribution in [0.4, 0.5) is 5.69 Å². The highest BCUT2D eigenvalue weighted by Crippen LogP contribution is 2.44. The van der Waals surface area contributed by atoms with E-state index >= 15 is 0 Å². The summed E-state index contributed by atoms with van der Waals surface area (Å²) in [5, 5.41) is 20.7. The normalized spacial score (nSPS) is 30.3. The Morgan fingerprint density at radius 2 is 1.93 bits per heavy atom. The molecule has 0 bridgehead atoms. The summed E-state index contributed by atoms with van der Waals surface area (Å²) in [5.41, 5.74) is -0.383. The summed E-state index contributed by atoms with van der Waals surface area (Å²) >= 11 is 0. The Labute approximate surface area is 177 Å². The number of nitro benzene ring substituents is 1. The van der Waals surface area contributed by atoms with Crippen LogP contribution < -0.4 is 0 Å². The fourth-order valence-corrected chi connectivity index (χ4v) is 7.50. The lowest BCUT2D eigenvalue weighted by molar-refractivity contribution is -0.387. The molecule has 30 heavy (non-hydrogen) atoms. The van der Waals surface area contributed by atoms with Gasteiger partial charge in [0.2, 0.25) is 10.0 Å². The van der Waals surface area contributed by atoms with Crippen LogP contribution in [0, 0.1) is 22.0 Å². The van der Waals surface area contributed by atoms with Gasteiger partial charge in [0, 0.05) is 31.3 Å². The van der Waals surface area contributed by atoms with Gasteiger partial charge in [-0.1, -0.05) is 24.3 Å². The van der Waals surface area contributed by atoms with Crippen LogP contribution >= 0.6 is 0 Å². The molecule has 0 radical (unpaired) electrons. The first-order valence-electron chi connectivity index (χ1n) is 10.7. The van der Waals surface area contributed by atoms with Crippen LogP contribution in [0.2, 0.25) is 0 Å². The molecule has 0 aromatic heterocycles. The molecule has 3 saturated heterocycles. The van der Waals surface area contributed by atoms with Gasteiger partial charge in [-0.15, -0.1) is 0 Å². The number of benzene rings is 1. The molecule has 1 aromatic rings. The van der Waals surface area contributed by atoms with E-state index in [-0.39, 0.29) is 35.1 Å². The SMILES string of the molecule is O=[N+]([O-])c1ccccc1S(=O)(=O)N1C[C@@H]2CCCN3CCC[C@@H]([C@H]23)[C@H]1/C=C\CCO. The van der Waals surface area contributed by atoms with E-state index in [0.29, 0.717) is 19.0 Å². The van der Waals surface area contributed by atoms with E-state index in [1.165, 1.54) is 28.6 Å². The van der Waals surface area contributed by atoms with Crippen molar-refractivity contribution < 1.29 is 18.4 Å². The van der Waals surface area contributed by atoms with Crippen LogP contribution in [0.3, 0.4) is 0 Å². The zero-order chi connectivity index (χ0) is 21.3. The van der Waals surface area contributed by atoms with E-state index in [9.17, 15) is 23.6 Å². The minimum absolute atomic E-state index is 0.00295. The number of para-hydroxylation sites is 1. The second-order valence-electron chi connectivity index (χ2n) is 8.47. The standard InChI is InChI=1S/C21H29N3O5S/c25-14-4-3-9-18-17-8-6-13-22-12-5-7-16(21(17)22)15-23(18)30(28,29)20-11-2-1-10-19(20)24(26)27/h1-3,9-11,16-18,21,25H,4-8,12-15H2/b9-3-/t16-,17+,18+,21-/m0/s1. The topological polar surface area (TPSA) is 104 Å². The Balaban J connectivity index is 1.77. The van der Waals surface area contributed by atoms with Crippen molar-refractivity contribution in [2.75, 3.05) is 26.2 Å². The van der Waals surface area contributed by atoms with E-state index in [1.807, 2.05) is 12.2 Å². The van der Waals surface area contributed by atoms with Gasteiger partial charge in [-0.25, -0.2) is 8.42 Å². The maximum Gasteiger partial charge on any atom is 0.289 e. The molecule has 0 aliphatic carbocycles. The van der Waals surface area contributed by atoms with E-state index < -0.39 is 14.9 Å². The van der Waals surface area contributed by atoms with Crippen molar-refractivity contribution in [2.24, 2.45) is 11.8 Å². The van der Waals surface area contributed by atoms with Crippen molar-refractivity contribution in [3.63, 3.8) is 0 Å². The molecule has 4 atom stereocenters. The number of aliphatic hydroxyl groups is 1. The summed E-state index contributed by atoms with van der Waals surface area (Å²) in [6.07, 6.45) is 8.20. The van der Waals surface area contributed by atoms with Crippen molar-refractivity contribution >= 4 is 15.7 Å². The summed E-state index contributed by atoms with van der Waals surface area (Å²) < 4.78 is 28.9. The molecule has 3 fully saturated rings. The summed E-state index contributed by atoms with van der Waals surface area (Å²) in [6.45, 7) is 2.49. The van der Waals surface area contributed by atoms with Crippen LogP contribution in [-0.2, 0) is 10.0 Å². The molecule has 1 N–H and O–H groups in total. The molecular formula is C21H29N3O5S. The first-order chi connectivity index (χ1) is 14.4. The molecule has 0 saturated carbocycles. The molecule has 0 amide bonds. The van der Waals surface area contributed by atoms with Gasteiger partial charge in [0.25, 0.3) is 5.69 Å². The summed E-state index contributed by atoms with van der Waals surface area (Å²) in [6, 6.07) is 5.60. The number of rotatable bonds is 6. The van der Waals surface area contributed by atoms with Crippen molar-refractivity contribution in [2.45, 2.75) is 49.1 Å². The van der Waals surface area contributed by atoms with Crippen molar-refractivity contribution in [1.82, 2.24) is 9.21 Å². The average molecular weight is 436 g/mol. The third-order valence-electron chi connectivity index (χ3n) is 6.81. The fraction of sp³-hybridized carbons (Fsp3) is 0.619. The third kappa shape index (κ3) is 3.79. The first-order valence-corrected chi connectivity index (χ1v) is 12.2. The molecule has 9 heteroatoms. The molecule has 3 aliphatic rings. The largest absolute Gasteiger partial charge is 0.396 e. The molecule has 3 aliphatic heterocycles. The molecule has 8 nitrogen and oxygen atoms in total. The second kappa shape index (κ2) is 8.74. The smallest absolute Gasteiger partial charge is 0.289 e. The fourth-order valence-electron chi connectivity index (χ4n) is 5.65. The maximum atomic E-state index is 13.7. The van der Waals surface area contributed by atoms with Crippen LogP contribution in [0.15, 0.2) is 41.3 Å². The number of nitro groups is 1. The number of hydrogen-bond donors (Lipinski definition) is 1. The summed E-state index contributed by atoms with van der Waals surface area (Å²) in [4.78, 5) is 13.2. The summed E-state index contributed by atoms with van der Waals surface area (Å²) in [7, 11) is -4.05. The molecular weight excluding hydrogens is 406 g/mol. The van der Waals surface area contributed by atoms with Gasteiger partial charge >= 0.3 is 0 Å². The minimum Gasteiger partial charge on any atom is -0.396 e. The van der Waals surface area contributed by atoms with Crippen molar-refractivity contribution in [1.29, 1.82) is 0 Å². The van der Waals surface area contributed by atoms with Gasteiger partial charge in [-0.2, -0.15) is 4.31 Å². The Kier molecular flexibility index (Phi) is 6.24. The molecule has 1 aromatic carbocycles. The van der Waals surface area contributed by atoms with Crippen molar-refractivity contribution in [3.05, 3.63) is 46.5 Å². The van der Waals surface area contributed by atoms with Gasteiger partial charge in [-0.3, -0.25) is 15.0 Å². The van der Waals surface area contributed by atoms with Crippen LogP contribution in [0.1, 0.15) is 32.1 Å². The molecule has 0 spiro atoms. The van der Waals surface area contributed by atoms with Crippen LogP contribution in [-0.4, -0.2) is 66.0 Å². The van der Waals surface area contributed by atoms with Crippen LogP contribution in [0.5, 0.6) is 0 Å². The Hall–Kier alpha value is -1.81. The van der Waals surface area contributed by atoms with Gasteiger partial charge in [0.05, 0.1) is 4.92 Å². The van der Waals surface area contributed by atoms with Gasteiger partial charge in [-0.05, 0) is 63.1 Å².